The normalized spacial score (nSPS) is 30.9. The van der Waals surface area contributed by atoms with Crippen LogP contribution < -0.4 is 5.32 Å². The number of hydrogen-bond donors (Lipinski definition) is 1. The zero-order valence-electron chi connectivity index (χ0n) is 14.7. The minimum atomic E-state index is -0.266. The second-order valence-corrected chi connectivity index (χ2v) is 8.04. The zero-order chi connectivity index (χ0) is 17.8. The van der Waals surface area contributed by atoms with Gasteiger partial charge in [-0.1, -0.05) is 12.1 Å². The largest absolute Gasteiger partial charge is 0.311 e. The lowest BCUT2D eigenvalue weighted by Crippen LogP contribution is -2.51. The smallest absolute Gasteiger partial charge is 0.273 e. The molecule has 0 radical (unpaired) electrons. The summed E-state index contributed by atoms with van der Waals surface area (Å²) in [6, 6.07) is 7.31. The van der Waals surface area contributed by atoms with Gasteiger partial charge in [0.05, 0.1) is 6.54 Å². The first-order valence-electron chi connectivity index (χ1n) is 9.66. The van der Waals surface area contributed by atoms with Crippen molar-refractivity contribution in [2.24, 2.45) is 0 Å². The van der Waals surface area contributed by atoms with Crippen molar-refractivity contribution < 1.29 is 14.4 Å². The van der Waals surface area contributed by atoms with Gasteiger partial charge in [-0.3, -0.25) is 14.4 Å². The lowest BCUT2D eigenvalue weighted by molar-refractivity contribution is -0.163. The highest BCUT2D eigenvalue weighted by Gasteiger charge is 2.40. The third-order valence-corrected chi connectivity index (χ3v) is 6.35. The van der Waals surface area contributed by atoms with Gasteiger partial charge in [-0.25, -0.2) is 5.01 Å². The molecule has 3 fully saturated rings. The van der Waals surface area contributed by atoms with E-state index in [9.17, 15) is 14.4 Å². The van der Waals surface area contributed by atoms with Crippen LogP contribution in [-0.2, 0) is 16.1 Å². The molecule has 3 saturated heterocycles. The van der Waals surface area contributed by atoms with E-state index in [0.29, 0.717) is 49.4 Å². The fourth-order valence-corrected chi connectivity index (χ4v) is 5.08. The lowest BCUT2D eigenvalue weighted by atomic mass is 9.85. The zero-order valence-corrected chi connectivity index (χ0v) is 14.7. The SMILES string of the molecule is O=C1c2ccc(C3CC4CCC(C3)N4)cc2CN1N1C(=O)CCCC1=O. The van der Waals surface area contributed by atoms with Gasteiger partial charge in [-0.05, 0) is 55.2 Å². The van der Waals surface area contributed by atoms with Crippen LogP contribution in [0.15, 0.2) is 18.2 Å². The van der Waals surface area contributed by atoms with Gasteiger partial charge in [0.25, 0.3) is 5.91 Å². The predicted octanol–water partition coefficient (Wildman–Crippen LogP) is 2.09. The van der Waals surface area contributed by atoms with Gasteiger partial charge < -0.3 is 5.32 Å². The van der Waals surface area contributed by atoms with Crippen molar-refractivity contribution in [3.8, 4) is 0 Å². The van der Waals surface area contributed by atoms with Crippen LogP contribution in [-0.4, -0.2) is 39.8 Å². The molecule has 26 heavy (non-hydrogen) atoms. The molecular weight excluding hydrogens is 330 g/mol. The molecule has 136 valence electrons. The number of rotatable bonds is 2. The van der Waals surface area contributed by atoms with Crippen LogP contribution in [0.4, 0.5) is 0 Å². The van der Waals surface area contributed by atoms with E-state index in [0.717, 1.165) is 23.4 Å². The Morgan fingerprint density at radius 1 is 0.962 bits per heavy atom. The number of nitrogens with one attached hydrogen (secondary N) is 1. The molecule has 2 atom stereocenters. The molecule has 2 bridgehead atoms. The minimum absolute atomic E-state index is 0.236. The molecule has 6 nitrogen and oxygen atoms in total. The second kappa shape index (κ2) is 5.91. The molecule has 4 aliphatic rings. The van der Waals surface area contributed by atoms with Crippen molar-refractivity contribution in [3.05, 3.63) is 34.9 Å². The molecule has 6 heteroatoms. The number of hydrazine groups is 1. The van der Waals surface area contributed by atoms with E-state index in [2.05, 4.69) is 17.4 Å². The van der Waals surface area contributed by atoms with Crippen molar-refractivity contribution >= 4 is 17.7 Å². The lowest BCUT2D eigenvalue weighted by Gasteiger charge is -2.32. The summed E-state index contributed by atoms with van der Waals surface area (Å²) in [4.78, 5) is 37.1. The number of carbonyl (C=O) groups excluding carboxylic acids is 3. The number of benzene rings is 1. The van der Waals surface area contributed by atoms with Crippen molar-refractivity contribution in [1.29, 1.82) is 0 Å². The summed E-state index contributed by atoms with van der Waals surface area (Å²) < 4.78 is 0. The number of nitrogens with zero attached hydrogens (tertiary/aromatic N) is 2. The maximum atomic E-state index is 12.8. The van der Waals surface area contributed by atoms with E-state index < -0.39 is 0 Å². The van der Waals surface area contributed by atoms with Gasteiger partial charge in [-0.2, -0.15) is 5.01 Å². The number of fused-ring (bicyclic) bond motifs is 3. The standard InChI is InChI=1S/C20H23N3O3/c24-18-2-1-3-19(25)23(18)22-11-14-8-12(4-7-17(14)20(22)26)13-9-15-5-6-16(10-13)21-15/h4,7-8,13,15-16,21H,1-3,5-6,9-11H2. The molecule has 5 rings (SSSR count). The number of carbonyl (C=O) groups is 3. The Hall–Kier alpha value is -2.21. The summed E-state index contributed by atoms with van der Waals surface area (Å²) in [6.07, 6.45) is 6.05. The summed E-state index contributed by atoms with van der Waals surface area (Å²) >= 11 is 0. The Bertz CT molecular complexity index is 777. The third-order valence-electron chi connectivity index (χ3n) is 6.35. The van der Waals surface area contributed by atoms with Crippen molar-refractivity contribution in [3.63, 3.8) is 0 Å². The molecule has 0 aromatic heterocycles. The highest BCUT2D eigenvalue weighted by Crippen LogP contribution is 2.38. The monoisotopic (exact) mass is 353 g/mol. The van der Waals surface area contributed by atoms with Crippen molar-refractivity contribution in [2.75, 3.05) is 0 Å². The molecule has 1 aromatic rings. The number of amides is 3. The molecule has 2 unspecified atom stereocenters. The molecular formula is C20H23N3O3. The number of piperidine rings is 2. The minimum Gasteiger partial charge on any atom is -0.311 e. The van der Waals surface area contributed by atoms with Gasteiger partial charge in [0.2, 0.25) is 11.8 Å². The first kappa shape index (κ1) is 16.0. The van der Waals surface area contributed by atoms with Crippen LogP contribution in [0.1, 0.15) is 72.3 Å². The number of hydrogen-bond acceptors (Lipinski definition) is 4. The van der Waals surface area contributed by atoms with Crippen molar-refractivity contribution in [2.45, 2.75) is 69.5 Å². The fourth-order valence-electron chi connectivity index (χ4n) is 5.08. The fraction of sp³-hybridized carbons (Fsp3) is 0.550. The highest BCUT2D eigenvalue weighted by atomic mass is 16.2. The van der Waals surface area contributed by atoms with Gasteiger partial charge in [0.15, 0.2) is 0 Å². The van der Waals surface area contributed by atoms with Crippen molar-refractivity contribution in [1.82, 2.24) is 15.3 Å². The van der Waals surface area contributed by atoms with Gasteiger partial charge >= 0.3 is 0 Å². The van der Waals surface area contributed by atoms with E-state index in [4.69, 9.17) is 0 Å². The van der Waals surface area contributed by atoms with Gasteiger partial charge in [-0.15, -0.1) is 0 Å². The van der Waals surface area contributed by atoms with Crippen LogP contribution in [0.2, 0.25) is 0 Å². The van der Waals surface area contributed by atoms with Gasteiger partial charge in [0.1, 0.15) is 0 Å². The summed E-state index contributed by atoms with van der Waals surface area (Å²) in [7, 11) is 0. The Labute approximate surface area is 152 Å². The average Bonchev–Trinajstić information content (AvgIpc) is 3.13. The Morgan fingerprint density at radius 2 is 1.65 bits per heavy atom. The molecule has 1 N–H and O–H groups in total. The number of imide groups is 1. The highest BCUT2D eigenvalue weighted by molar-refractivity contribution is 6.04. The van der Waals surface area contributed by atoms with E-state index in [-0.39, 0.29) is 17.7 Å². The van der Waals surface area contributed by atoms with Crippen LogP contribution in [0.3, 0.4) is 0 Å². The Kier molecular flexibility index (Phi) is 3.64. The topological polar surface area (TPSA) is 69.7 Å². The first-order chi connectivity index (χ1) is 12.6. The molecule has 3 amide bonds. The Morgan fingerprint density at radius 3 is 2.35 bits per heavy atom. The summed E-state index contributed by atoms with van der Waals surface area (Å²) in [5.41, 5.74) is 2.84. The molecule has 4 heterocycles. The summed E-state index contributed by atoms with van der Waals surface area (Å²) in [5.74, 6) is -0.239. The molecule has 0 aliphatic carbocycles. The molecule has 0 spiro atoms. The van der Waals surface area contributed by atoms with Crippen LogP contribution in [0.25, 0.3) is 0 Å². The third kappa shape index (κ3) is 2.47. The van der Waals surface area contributed by atoms with E-state index in [1.54, 1.807) is 0 Å². The van der Waals surface area contributed by atoms with Crippen LogP contribution >= 0.6 is 0 Å². The molecule has 0 saturated carbocycles. The maximum Gasteiger partial charge on any atom is 0.273 e. The average molecular weight is 353 g/mol. The van der Waals surface area contributed by atoms with E-state index >= 15 is 0 Å². The van der Waals surface area contributed by atoms with Gasteiger partial charge in [0, 0.05) is 30.5 Å². The maximum absolute atomic E-state index is 12.8. The second-order valence-electron chi connectivity index (χ2n) is 8.04. The molecule has 4 aliphatic heterocycles. The predicted molar refractivity (Wildman–Crippen MR) is 93.9 cm³/mol. The van der Waals surface area contributed by atoms with E-state index in [1.165, 1.54) is 23.4 Å². The first-order valence-corrected chi connectivity index (χ1v) is 9.66. The molecule has 1 aromatic carbocycles. The summed E-state index contributed by atoms with van der Waals surface area (Å²) in [5, 5.41) is 6.08. The van der Waals surface area contributed by atoms with E-state index in [1.807, 2.05) is 6.07 Å². The quantitative estimate of drug-likeness (QED) is 0.827. The van der Waals surface area contributed by atoms with Crippen LogP contribution in [0.5, 0.6) is 0 Å². The van der Waals surface area contributed by atoms with Crippen LogP contribution in [0, 0.1) is 0 Å². The Balaban J connectivity index is 1.40. The summed E-state index contributed by atoms with van der Waals surface area (Å²) in [6.45, 7) is 0.317.